The van der Waals surface area contributed by atoms with Crippen LogP contribution < -0.4 is 0 Å². The zero-order chi connectivity index (χ0) is 16.4. The van der Waals surface area contributed by atoms with Crippen LogP contribution in [-0.4, -0.2) is 47.2 Å². The van der Waals surface area contributed by atoms with Gasteiger partial charge in [0.05, 0.1) is 30.6 Å². The predicted octanol–water partition coefficient (Wildman–Crippen LogP) is 2.55. The van der Waals surface area contributed by atoms with Crippen LogP contribution in [0.4, 0.5) is 0 Å². The van der Waals surface area contributed by atoms with Crippen molar-refractivity contribution in [3.8, 4) is 0 Å². The molecule has 1 amide bonds. The molecule has 2 atom stereocenters. The quantitative estimate of drug-likeness (QED) is 0.832. The average Bonchev–Trinajstić information content (AvgIpc) is 3.35. The smallest absolute Gasteiger partial charge is 0.222 e. The average molecular weight is 330 g/mol. The third-order valence-corrected chi connectivity index (χ3v) is 5.42. The number of hydrogen-bond acceptors (Lipinski definition) is 4. The number of aromatic nitrogens is 1. The summed E-state index contributed by atoms with van der Waals surface area (Å²) in [6.45, 7) is 2.77. The van der Waals surface area contributed by atoms with Gasteiger partial charge in [-0.1, -0.05) is 6.07 Å². The Morgan fingerprint density at radius 3 is 3.12 bits per heavy atom. The van der Waals surface area contributed by atoms with Crippen LogP contribution in [0.15, 0.2) is 24.4 Å². The number of carbonyl (C=O) groups excluding carboxylic acids is 1. The SMILES string of the molecule is O=C(CC1CC1)N1CCC[C@]2(C[C@H](OCc3ccccn3)CO2)C1. The fourth-order valence-corrected chi connectivity index (χ4v) is 3.89. The Bertz CT molecular complexity index is 575. The summed E-state index contributed by atoms with van der Waals surface area (Å²) in [5, 5.41) is 0. The number of ether oxygens (including phenoxy) is 2. The highest BCUT2D eigenvalue weighted by Crippen LogP contribution is 2.38. The number of rotatable bonds is 5. The number of amides is 1. The van der Waals surface area contributed by atoms with Crippen LogP contribution in [0.25, 0.3) is 0 Å². The molecule has 1 spiro atoms. The van der Waals surface area contributed by atoms with Crippen LogP contribution in [0.5, 0.6) is 0 Å². The summed E-state index contributed by atoms with van der Waals surface area (Å²) in [5.41, 5.74) is 0.759. The molecule has 2 aliphatic heterocycles. The van der Waals surface area contributed by atoms with Gasteiger partial charge in [-0.25, -0.2) is 0 Å². The van der Waals surface area contributed by atoms with Gasteiger partial charge in [0, 0.05) is 32.1 Å². The first-order chi connectivity index (χ1) is 11.7. The van der Waals surface area contributed by atoms with E-state index in [4.69, 9.17) is 9.47 Å². The fraction of sp³-hybridized carbons (Fsp3) is 0.684. The Kier molecular flexibility index (Phi) is 4.55. The molecule has 3 fully saturated rings. The van der Waals surface area contributed by atoms with Crippen LogP contribution >= 0.6 is 0 Å². The van der Waals surface area contributed by atoms with Crippen LogP contribution in [0, 0.1) is 5.92 Å². The summed E-state index contributed by atoms with van der Waals surface area (Å²) in [5.74, 6) is 0.965. The van der Waals surface area contributed by atoms with Crippen LogP contribution in [0.2, 0.25) is 0 Å². The van der Waals surface area contributed by atoms with E-state index < -0.39 is 0 Å². The van der Waals surface area contributed by atoms with E-state index >= 15 is 0 Å². The first-order valence-corrected chi connectivity index (χ1v) is 9.16. The molecule has 1 aliphatic carbocycles. The first kappa shape index (κ1) is 16.0. The second-order valence-electron chi connectivity index (χ2n) is 7.52. The van der Waals surface area contributed by atoms with Crippen molar-refractivity contribution >= 4 is 5.91 Å². The molecular formula is C19H26N2O3. The van der Waals surface area contributed by atoms with Gasteiger partial charge in [0.2, 0.25) is 5.91 Å². The van der Waals surface area contributed by atoms with Crippen molar-refractivity contribution in [2.24, 2.45) is 5.92 Å². The number of likely N-dealkylation sites (tertiary alicyclic amines) is 1. The van der Waals surface area contributed by atoms with Gasteiger partial charge in [-0.15, -0.1) is 0 Å². The van der Waals surface area contributed by atoms with Crippen molar-refractivity contribution in [1.82, 2.24) is 9.88 Å². The second kappa shape index (κ2) is 6.81. The van der Waals surface area contributed by atoms with Gasteiger partial charge in [0.1, 0.15) is 0 Å². The molecule has 0 radical (unpaired) electrons. The number of pyridine rings is 1. The molecular weight excluding hydrogens is 304 g/mol. The summed E-state index contributed by atoms with van der Waals surface area (Å²) in [6, 6.07) is 5.86. The lowest BCUT2D eigenvalue weighted by atomic mass is 9.89. The standard InChI is InChI=1S/C19H26N2O3/c22-18(10-15-5-6-15)21-9-3-7-19(14-21)11-17(13-24-19)23-12-16-4-1-2-8-20-16/h1-2,4,8,15,17H,3,5-7,9-14H2/t17-,19-/m0/s1. The highest BCUT2D eigenvalue weighted by Gasteiger charge is 2.45. The monoisotopic (exact) mass is 330 g/mol. The van der Waals surface area contributed by atoms with E-state index in [0.717, 1.165) is 44.5 Å². The van der Waals surface area contributed by atoms with Gasteiger partial charge in [-0.05, 0) is 43.7 Å². The minimum atomic E-state index is -0.188. The van der Waals surface area contributed by atoms with E-state index in [1.807, 2.05) is 23.1 Å². The van der Waals surface area contributed by atoms with Crippen molar-refractivity contribution in [2.45, 2.75) is 56.8 Å². The van der Waals surface area contributed by atoms with Crippen molar-refractivity contribution in [3.05, 3.63) is 30.1 Å². The number of nitrogens with zero attached hydrogens (tertiary/aromatic N) is 2. The maximum Gasteiger partial charge on any atom is 0.222 e. The molecule has 5 nitrogen and oxygen atoms in total. The summed E-state index contributed by atoms with van der Waals surface area (Å²) < 4.78 is 12.1. The summed E-state index contributed by atoms with van der Waals surface area (Å²) >= 11 is 0. The van der Waals surface area contributed by atoms with Gasteiger partial charge >= 0.3 is 0 Å². The molecule has 130 valence electrons. The van der Waals surface area contributed by atoms with Crippen molar-refractivity contribution in [1.29, 1.82) is 0 Å². The molecule has 3 aliphatic rings. The second-order valence-corrected chi connectivity index (χ2v) is 7.52. The van der Waals surface area contributed by atoms with Gasteiger partial charge in [0.25, 0.3) is 0 Å². The lowest BCUT2D eigenvalue weighted by Gasteiger charge is -2.39. The molecule has 1 aromatic heterocycles. The van der Waals surface area contributed by atoms with Gasteiger partial charge in [0.15, 0.2) is 0 Å². The molecule has 0 aromatic carbocycles. The molecule has 0 N–H and O–H groups in total. The Hall–Kier alpha value is -1.46. The number of hydrogen-bond donors (Lipinski definition) is 0. The van der Waals surface area contributed by atoms with Crippen molar-refractivity contribution in [2.75, 3.05) is 19.7 Å². The van der Waals surface area contributed by atoms with Crippen molar-refractivity contribution in [3.63, 3.8) is 0 Å². The summed E-state index contributed by atoms with van der Waals surface area (Å²) in [4.78, 5) is 18.7. The number of piperidine rings is 1. The molecule has 4 rings (SSSR count). The van der Waals surface area contributed by atoms with Gasteiger partial charge in [-0.3, -0.25) is 9.78 Å². The number of carbonyl (C=O) groups is 1. The molecule has 2 saturated heterocycles. The van der Waals surface area contributed by atoms with E-state index in [0.29, 0.717) is 25.0 Å². The fourth-order valence-electron chi connectivity index (χ4n) is 3.89. The van der Waals surface area contributed by atoms with E-state index in [1.54, 1.807) is 6.20 Å². The molecule has 5 heteroatoms. The molecule has 0 unspecified atom stereocenters. The minimum absolute atomic E-state index is 0.102. The Balaban J connectivity index is 1.30. The Morgan fingerprint density at radius 1 is 1.42 bits per heavy atom. The zero-order valence-corrected chi connectivity index (χ0v) is 14.2. The third kappa shape index (κ3) is 3.78. The van der Waals surface area contributed by atoms with E-state index in [9.17, 15) is 4.79 Å². The Labute approximate surface area is 143 Å². The van der Waals surface area contributed by atoms with Crippen LogP contribution in [0.1, 0.15) is 44.2 Å². The van der Waals surface area contributed by atoms with E-state index in [1.165, 1.54) is 12.8 Å². The highest BCUT2D eigenvalue weighted by atomic mass is 16.6. The molecule has 1 aromatic rings. The summed E-state index contributed by atoms with van der Waals surface area (Å²) in [7, 11) is 0. The third-order valence-electron chi connectivity index (χ3n) is 5.42. The lowest BCUT2D eigenvalue weighted by molar-refractivity contribution is -0.139. The largest absolute Gasteiger partial charge is 0.370 e. The minimum Gasteiger partial charge on any atom is -0.370 e. The Morgan fingerprint density at radius 2 is 2.33 bits per heavy atom. The summed E-state index contributed by atoms with van der Waals surface area (Å²) in [6.07, 6.45) is 8.02. The maximum atomic E-state index is 12.4. The van der Waals surface area contributed by atoms with Gasteiger partial charge in [-0.2, -0.15) is 0 Å². The lowest BCUT2D eigenvalue weighted by Crippen LogP contribution is -2.50. The first-order valence-electron chi connectivity index (χ1n) is 9.16. The molecule has 24 heavy (non-hydrogen) atoms. The van der Waals surface area contributed by atoms with Crippen molar-refractivity contribution < 1.29 is 14.3 Å². The van der Waals surface area contributed by atoms with Crippen LogP contribution in [-0.2, 0) is 20.9 Å². The maximum absolute atomic E-state index is 12.4. The molecule has 0 bridgehead atoms. The highest BCUT2D eigenvalue weighted by molar-refractivity contribution is 5.77. The van der Waals surface area contributed by atoms with Crippen LogP contribution in [0.3, 0.4) is 0 Å². The predicted molar refractivity (Wildman–Crippen MR) is 89.3 cm³/mol. The molecule has 3 heterocycles. The van der Waals surface area contributed by atoms with Gasteiger partial charge < -0.3 is 14.4 Å². The van der Waals surface area contributed by atoms with E-state index in [2.05, 4.69) is 4.98 Å². The topological polar surface area (TPSA) is 51.7 Å². The molecule has 1 saturated carbocycles. The zero-order valence-electron chi connectivity index (χ0n) is 14.2. The van der Waals surface area contributed by atoms with E-state index in [-0.39, 0.29) is 11.7 Å². The normalized spacial score (nSPS) is 30.0.